The van der Waals surface area contributed by atoms with Gasteiger partial charge in [0.1, 0.15) is 0 Å². The van der Waals surface area contributed by atoms with Crippen molar-refractivity contribution in [2.75, 3.05) is 0 Å². The first-order valence-electron chi connectivity index (χ1n) is 6.38. The number of aryl methyl sites for hydroxylation is 1. The third-order valence-corrected chi connectivity index (χ3v) is 3.58. The van der Waals surface area contributed by atoms with Gasteiger partial charge in [-0.05, 0) is 38.0 Å². The molecule has 1 aliphatic rings. The average Bonchev–Trinajstić information content (AvgIpc) is 2.70. The van der Waals surface area contributed by atoms with E-state index in [9.17, 15) is 4.79 Å². The average molecular weight is 240 g/mol. The molecule has 0 atom stereocenters. The Balaban J connectivity index is 2.00. The second-order valence-corrected chi connectivity index (χ2v) is 4.83. The highest BCUT2D eigenvalue weighted by molar-refractivity contribution is 5.98. The third kappa shape index (κ3) is 1.86. The summed E-state index contributed by atoms with van der Waals surface area (Å²) in [5, 5.41) is 0. The van der Waals surface area contributed by atoms with Crippen LogP contribution < -0.4 is 0 Å². The van der Waals surface area contributed by atoms with Crippen molar-refractivity contribution < 1.29 is 4.79 Å². The van der Waals surface area contributed by atoms with E-state index in [0.717, 1.165) is 36.3 Å². The van der Waals surface area contributed by atoms with E-state index in [0.29, 0.717) is 12.2 Å². The summed E-state index contributed by atoms with van der Waals surface area (Å²) in [5.41, 5.74) is 4.31. The summed E-state index contributed by atoms with van der Waals surface area (Å²) < 4.78 is 2.23. The predicted molar refractivity (Wildman–Crippen MR) is 69.8 cm³/mol. The molecule has 0 bridgehead atoms. The van der Waals surface area contributed by atoms with Gasteiger partial charge in [-0.1, -0.05) is 6.07 Å². The lowest BCUT2D eigenvalue weighted by Crippen LogP contribution is -2.14. The maximum Gasteiger partial charge on any atom is 0.164 e. The van der Waals surface area contributed by atoms with Gasteiger partial charge in [0.15, 0.2) is 5.78 Å². The second kappa shape index (κ2) is 4.41. The minimum atomic E-state index is 0.291. The highest BCUT2D eigenvalue weighted by Gasteiger charge is 2.22. The zero-order valence-electron chi connectivity index (χ0n) is 10.5. The Kier molecular flexibility index (Phi) is 2.74. The van der Waals surface area contributed by atoms with E-state index in [2.05, 4.69) is 16.5 Å². The summed E-state index contributed by atoms with van der Waals surface area (Å²) in [5.74, 6) is 0.291. The number of nitrogens with zero attached hydrogens (tertiary/aromatic N) is 2. The fourth-order valence-corrected chi connectivity index (χ4v) is 2.66. The Morgan fingerprint density at radius 3 is 3.00 bits per heavy atom. The van der Waals surface area contributed by atoms with Gasteiger partial charge < -0.3 is 4.57 Å². The lowest BCUT2D eigenvalue weighted by molar-refractivity contribution is 0.0972. The molecule has 3 rings (SSSR count). The van der Waals surface area contributed by atoms with Gasteiger partial charge in [-0.3, -0.25) is 9.78 Å². The predicted octanol–water partition coefficient (Wildman–Crippen LogP) is 2.76. The molecule has 2 aromatic heterocycles. The number of hydrogen-bond donors (Lipinski definition) is 0. The molecule has 0 amide bonds. The van der Waals surface area contributed by atoms with Crippen molar-refractivity contribution in [2.24, 2.45) is 0 Å². The number of pyridine rings is 1. The lowest BCUT2D eigenvalue weighted by Gasteiger charge is -2.15. The molecule has 0 spiro atoms. The molecule has 92 valence electrons. The molecule has 0 aromatic carbocycles. The first-order valence-corrected chi connectivity index (χ1v) is 6.38. The van der Waals surface area contributed by atoms with E-state index in [-0.39, 0.29) is 0 Å². The van der Waals surface area contributed by atoms with E-state index < -0.39 is 0 Å². The van der Waals surface area contributed by atoms with E-state index in [1.807, 2.05) is 30.5 Å². The van der Waals surface area contributed by atoms with Gasteiger partial charge in [0.25, 0.3) is 0 Å². The summed E-state index contributed by atoms with van der Waals surface area (Å²) in [6.45, 7) is 2.82. The van der Waals surface area contributed by atoms with Crippen LogP contribution in [0.3, 0.4) is 0 Å². The van der Waals surface area contributed by atoms with Crippen LogP contribution in [0.4, 0.5) is 0 Å². The highest BCUT2D eigenvalue weighted by atomic mass is 16.1. The molecule has 0 radical (unpaired) electrons. The van der Waals surface area contributed by atoms with E-state index >= 15 is 0 Å². The van der Waals surface area contributed by atoms with E-state index in [1.165, 1.54) is 5.69 Å². The van der Waals surface area contributed by atoms with Crippen LogP contribution in [-0.4, -0.2) is 15.3 Å². The Morgan fingerprint density at radius 2 is 2.22 bits per heavy atom. The van der Waals surface area contributed by atoms with Gasteiger partial charge in [0.05, 0.1) is 12.2 Å². The largest absolute Gasteiger partial charge is 0.342 e. The minimum absolute atomic E-state index is 0.291. The molecule has 3 nitrogen and oxygen atoms in total. The molecule has 3 heteroatoms. The molecular weight excluding hydrogens is 224 g/mol. The quantitative estimate of drug-likeness (QED) is 0.809. The molecule has 0 saturated carbocycles. The molecule has 18 heavy (non-hydrogen) atoms. The van der Waals surface area contributed by atoms with Crippen molar-refractivity contribution >= 4 is 5.78 Å². The van der Waals surface area contributed by atoms with E-state index in [4.69, 9.17) is 0 Å². The molecule has 2 heterocycles. The van der Waals surface area contributed by atoms with Gasteiger partial charge in [0.2, 0.25) is 0 Å². The zero-order chi connectivity index (χ0) is 12.5. The van der Waals surface area contributed by atoms with E-state index in [1.54, 1.807) is 0 Å². The Hall–Kier alpha value is -1.90. The van der Waals surface area contributed by atoms with Crippen LogP contribution in [0.25, 0.3) is 0 Å². The van der Waals surface area contributed by atoms with Crippen LogP contribution in [-0.2, 0) is 13.0 Å². The number of aromatic nitrogens is 2. The first kappa shape index (κ1) is 11.2. The van der Waals surface area contributed by atoms with Crippen molar-refractivity contribution in [3.8, 4) is 0 Å². The van der Waals surface area contributed by atoms with Crippen molar-refractivity contribution in [3.63, 3.8) is 0 Å². The van der Waals surface area contributed by atoms with Crippen molar-refractivity contribution in [1.82, 2.24) is 9.55 Å². The SMILES string of the molecule is Cc1cc2c(n1Cc1ccccn1)CCCC2=O. The smallest absolute Gasteiger partial charge is 0.164 e. The molecule has 0 N–H and O–H groups in total. The van der Waals surface area contributed by atoms with Crippen LogP contribution in [0, 0.1) is 6.92 Å². The summed E-state index contributed by atoms with van der Waals surface area (Å²) in [4.78, 5) is 16.2. The number of Topliss-reactive ketones (excluding diaryl/α,β-unsaturated/α-hetero) is 1. The van der Waals surface area contributed by atoms with Crippen LogP contribution in [0.1, 0.15) is 40.3 Å². The molecule has 2 aromatic rings. The summed E-state index contributed by atoms with van der Waals surface area (Å²) in [6, 6.07) is 7.97. The number of carbonyl (C=O) groups excluding carboxylic acids is 1. The third-order valence-electron chi connectivity index (χ3n) is 3.58. The number of fused-ring (bicyclic) bond motifs is 1. The summed E-state index contributed by atoms with van der Waals surface area (Å²) >= 11 is 0. The van der Waals surface area contributed by atoms with Gasteiger partial charge in [0, 0.05) is 29.6 Å². The molecule has 0 fully saturated rings. The van der Waals surface area contributed by atoms with Crippen molar-refractivity contribution in [2.45, 2.75) is 32.7 Å². The fraction of sp³-hybridized carbons (Fsp3) is 0.333. The number of ketones is 1. The summed E-state index contributed by atoms with van der Waals surface area (Å²) in [7, 11) is 0. The molecular formula is C15H16N2O. The first-order chi connectivity index (χ1) is 8.75. The normalized spacial score (nSPS) is 14.6. The minimum Gasteiger partial charge on any atom is -0.342 e. The van der Waals surface area contributed by atoms with Gasteiger partial charge in [-0.2, -0.15) is 0 Å². The van der Waals surface area contributed by atoms with Crippen LogP contribution in [0.5, 0.6) is 0 Å². The van der Waals surface area contributed by atoms with Gasteiger partial charge in [-0.25, -0.2) is 0 Å². The van der Waals surface area contributed by atoms with Gasteiger partial charge in [-0.15, -0.1) is 0 Å². The summed E-state index contributed by atoms with van der Waals surface area (Å²) in [6.07, 6.45) is 4.48. The monoisotopic (exact) mass is 240 g/mol. The standard InChI is InChI=1S/C15H16N2O/c1-11-9-13-14(6-4-7-15(13)18)17(11)10-12-5-2-3-8-16-12/h2-3,5,8-9H,4,6-7,10H2,1H3. The maximum absolute atomic E-state index is 11.9. The number of rotatable bonds is 2. The molecule has 0 aliphatic heterocycles. The van der Waals surface area contributed by atoms with Crippen LogP contribution in [0.2, 0.25) is 0 Å². The van der Waals surface area contributed by atoms with Crippen LogP contribution in [0.15, 0.2) is 30.5 Å². The zero-order valence-corrected chi connectivity index (χ0v) is 10.5. The molecule has 0 saturated heterocycles. The Morgan fingerprint density at radius 1 is 1.33 bits per heavy atom. The van der Waals surface area contributed by atoms with Gasteiger partial charge >= 0.3 is 0 Å². The second-order valence-electron chi connectivity index (χ2n) is 4.83. The highest BCUT2D eigenvalue weighted by Crippen LogP contribution is 2.25. The Labute approximate surface area is 106 Å². The van der Waals surface area contributed by atoms with Crippen molar-refractivity contribution in [3.05, 3.63) is 53.1 Å². The van der Waals surface area contributed by atoms with Crippen molar-refractivity contribution in [1.29, 1.82) is 0 Å². The fourth-order valence-electron chi connectivity index (χ4n) is 2.66. The lowest BCUT2D eigenvalue weighted by atomic mass is 9.96. The topological polar surface area (TPSA) is 34.9 Å². The van der Waals surface area contributed by atoms with Crippen LogP contribution >= 0.6 is 0 Å². The number of carbonyl (C=O) groups is 1. The molecule has 0 unspecified atom stereocenters. The number of hydrogen-bond acceptors (Lipinski definition) is 2. The molecule has 1 aliphatic carbocycles. The Bertz CT molecular complexity index is 584. The maximum atomic E-state index is 11.9.